The Morgan fingerprint density at radius 2 is 2.14 bits per heavy atom. The van der Waals surface area contributed by atoms with E-state index in [1.807, 2.05) is 34.7 Å². The summed E-state index contributed by atoms with van der Waals surface area (Å²) in [6.07, 6.45) is 2.17. The average molecular weight is 385 g/mol. The molecule has 0 aliphatic carbocycles. The second kappa shape index (κ2) is 9.24. The van der Waals surface area contributed by atoms with Crippen molar-refractivity contribution in [2.45, 2.75) is 59.7 Å². The van der Waals surface area contributed by atoms with Crippen molar-refractivity contribution in [3.05, 3.63) is 47.2 Å². The van der Waals surface area contributed by atoms with Crippen LogP contribution < -0.4 is 5.32 Å². The first-order chi connectivity index (χ1) is 13.4. The highest BCUT2D eigenvalue weighted by Crippen LogP contribution is 2.19. The second-order valence-electron chi connectivity index (χ2n) is 8.12. The van der Waals surface area contributed by atoms with Gasteiger partial charge in [0.25, 0.3) is 0 Å². The zero-order chi connectivity index (χ0) is 20.1. The van der Waals surface area contributed by atoms with E-state index >= 15 is 0 Å². The Hall–Kier alpha value is -2.34. The third kappa shape index (κ3) is 5.35. The lowest BCUT2D eigenvalue weighted by Gasteiger charge is -2.26. The third-order valence-electron chi connectivity index (χ3n) is 5.03. The van der Waals surface area contributed by atoms with Gasteiger partial charge in [-0.05, 0) is 43.7 Å². The Labute approximate surface area is 167 Å². The van der Waals surface area contributed by atoms with Gasteiger partial charge in [0.05, 0.1) is 11.8 Å². The molecule has 0 unspecified atom stereocenters. The van der Waals surface area contributed by atoms with Crippen molar-refractivity contribution in [2.75, 3.05) is 18.5 Å². The summed E-state index contributed by atoms with van der Waals surface area (Å²) >= 11 is 0. The summed E-state index contributed by atoms with van der Waals surface area (Å²) in [5.74, 6) is 1.20. The molecule has 2 heterocycles. The number of rotatable bonds is 7. The van der Waals surface area contributed by atoms with Crippen LogP contribution in [0.4, 0.5) is 10.6 Å². The van der Waals surface area contributed by atoms with Crippen LogP contribution in [0, 0.1) is 19.8 Å². The minimum atomic E-state index is -0.108. The van der Waals surface area contributed by atoms with Gasteiger partial charge in [-0.25, -0.2) is 9.48 Å². The zero-order valence-corrected chi connectivity index (χ0v) is 17.4. The lowest BCUT2D eigenvalue weighted by Crippen LogP contribution is -2.40. The van der Waals surface area contributed by atoms with Gasteiger partial charge in [-0.2, -0.15) is 5.10 Å². The molecule has 1 atom stereocenters. The number of urea groups is 1. The summed E-state index contributed by atoms with van der Waals surface area (Å²) in [6, 6.07) is 10.0. The van der Waals surface area contributed by atoms with E-state index in [4.69, 9.17) is 4.74 Å². The highest BCUT2D eigenvalue weighted by Gasteiger charge is 2.24. The van der Waals surface area contributed by atoms with Crippen molar-refractivity contribution in [2.24, 2.45) is 5.92 Å². The molecule has 1 saturated heterocycles. The number of anilines is 1. The molecule has 0 saturated carbocycles. The van der Waals surface area contributed by atoms with Gasteiger partial charge in [-0.1, -0.05) is 38.1 Å². The molecule has 6 nitrogen and oxygen atoms in total. The van der Waals surface area contributed by atoms with E-state index in [1.54, 1.807) is 0 Å². The number of benzene rings is 1. The Morgan fingerprint density at radius 3 is 2.82 bits per heavy atom. The molecule has 1 aliphatic rings. The number of amides is 2. The van der Waals surface area contributed by atoms with Crippen LogP contribution in [0.2, 0.25) is 0 Å². The standard InChI is InChI=1S/C22H32N4O2/c1-16(2)13-26-21(12-18(4)24-26)23-22(27)25(15-20-10-7-11-28-20)14-19-9-6-5-8-17(19)3/h5-6,8-9,12,16,20H,7,10-11,13-15H2,1-4H3,(H,23,27)/t20-/m1/s1. The monoisotopic (exact) mass is 384 g/mol. The summed E-state index contributed by atoms with van der Waals surface area (Å²) in [5, 5.41) is 7.61. The maximum Gasteiger partial charge on any atom is 0.323 e. The summed E-state index contributed by atoms with van der Waals surface area (Å²) in [4.78, 5) is 15.0. The number of hydrogen-bond donors (Lipinski definition) is 1. The Bertz CT molecular complexity index is 794. The van der Waals surface area contributed by atoms with Gasteiger partial charge in [0.2, 0.25) is 0 Å². The van der Waals surface area contributed by atoms with Crippen LogP contribution in [0.1, 0.15) is 43.5 Å². The van der Waals surface area contributed by atoms with Gasteiger partial charge in [-0.3, -0.25) is 5.32 Å². The average Bonchev–Trinajstić information content (AvgIpc) is 3.25. The van der Waals surface area contributed by atoms with Gasteiger partial charge in [0, 0.05) is 32.3 Å². The Morgan fingerprint density at radius 1 is 1.36 bits per heavy atom. The number of hydrogen-bond acceptors (Lipinski definition) is 3. The molecule has 152 valence electrons. The predicted molar refractivity (Wildman–Crippen MR) is 111 cm³/mol. The van der Waals surface area contributed by atoms with Gasteiger partial charge in [-0.15, -0.1) is 0 Å². The maximum atomic E-state index is 13.2. The topological polar surface area (TPSA) is 59.4 Å². The number of carbonyl (C=O) groups excluding carboxylic acids is 1. The van der Waals surface area contributed by atoms with Gasteiger partial charge in [0.1, 0.15) is 5.82 Å². The van der Waals surface area contributed by atoms with E-state index < -0.39 is 0 Å². The van der Waals surface area contributed by atoms with Crippen LogP contribution >= 0.6 is 0 Å². The Kier molecular flexibility index (Phi) is 6.73. The fraction of sp³-hybridized carbons (Fsp3) is 0.545. The fourth-order valence-electron chi connectivity index (χ4n) is 3.57. The molecule has 0 radical (unpaired) electrons. The fourth-order valence-corrected chi connectivity index (χ4v) is 3.57. The van der Waals surface area contributed by atoms with Crippen LogP contribution in [-0.2, 0) is 17.8 Å². The van der Waals surface area contributed by atoms with Crippen molar-refractivity contribution in [1.82, 2.24) is 14.7 Å². The molecule has 2 amide bonds. The summed E-state index contributed by atoms with van der Waals surface area (Å²) in [7, 11) is 0. The van der Waals surface area contributed by atoms with Crippen molar-refractivity contribution < 1.29 is 9.53 Å². The second-order valence-corrected chi connectivity index (χ2v) is 8.12. The van der Waals surface area contributed by atoms with Crippen LogP contribution in [0.25, 0.3) is 0 Å². The molecule has 1 aromatic carbocycles. The molecule has 2 aromatic rings. The van der Waals surface area contributed by atoms with Crippen molar-refractivity contribution in [3.63, 3.8) is 0 Å². The normalized spacial score (nSPS) is 16.5. The zero-order valence-electron chi connectivity index (χ0n) is 17.4. The predicted octanol–water partition coefficient (Wildman–Crippen LogP) is 4.37. The lowest BCUT2D eigenvalue weighted by molar-refractivity contribution is 0.0818. The number of nitrogens with zero attached hydrogens (tertiary/aromatic N) is 3. The van der Waals surface area contributed by atoms with E-state index in [-0.39, 0.29) is 12.1 Å². The smallest absolute Gasteiger partial charge is 0.323 e. The van der Waals surface area contributed by atoms with Crippen LogP contribution in [0.5, 0.6) is 0 Å². The minimum Gasteiger partial charge on any atom is -0.376 e. The molecule has 1 aliphatic heterocycles. The van der Waals surface area contributed by atoms with Gasteiger partial charge >= 0.3 is 6.03 Å². The molecule has 1 N–H and O–H groups in total. The number of ether oxygens (including phenoxy) is 1. The van der Waals surface area contributed by atoms with E-state index in [2.05, 4.69) is 43.3 Å². The molecule has 0 spiro atoms. The molecular formula is C22H32N4O2. The van der Waals surface area contributed by atoms with Crippen LogP contribution in [0.15, 0.2) is 30.3 Å². The number of carbonyl (C=O) groups is 1. The molecule has 6 heteroatoms. The first-order valence-corrected chi connectivity index (χ1v) is 10.2. The van der Waals surface area contributed by atoms with E-state index in [9.17, 15) is 4.79 Å². The molecule has 1 aromatic heterocycles. The quantitative estimate of drug-likeness (QED) is 0.771. The number of aryl methyl sites for hydroxylation is 2. The molecular weight excluding hydrogens is 352 g/mol. The Balaban J connectivity index is 1.77. The van der Waals surface area contributed by atoms with Crippen molar-refractivity contribution in [3.8, 4) is 0 Å². The highest BCUT2D eigenvalue weighted by molar-refractivity contribution is 5.88. The van der Waals surface area contributed by atoms with Gasteiger partial charge < -0.3 is 9.64 Å². The molecule has 28 heavy (non-hydrogen) atoms. The number of aromatic nitrogens is 2. The highest BCUT2D eigenvalue weighted by atomic mass is 16.5. The molecule has 1 fully saturated rings. The summed E-state index contributed by atoms with van der Waals surface area (Å²) < 4.78 is 7.68. The summed E-state index contributed by atoms with van der Waals surface area (Å²) in [5.41, 5.74) is 3.25. The minimum absolute atomic E-state index is 0.108. The third-order valence-corrected chi connectivity index (χ3v) is 5.03. The van der Waals surface area contributed by atoms with E-state index in [0.717, 1.165) is 43.1 Å². The first-order valence-electron chi connectivity index (χ1n) is 10.2. The van der Waals surface area contributed by atoms with Crippen molar-refractivity contribution in [1.29, 1.82) is 0 Å². The summed E-state index contributed by atoms with van der Waals surface area (Å²) in [6.45, 7) is 11.0. The van der Waals surface area contributed by atoms with Crippen LogP contribution in [0.3, 0.4) is 0 Å². The van der Waals surface area contributed by atoms with Crippen LogP contribution in [-0.4, -0.2) is 40.0 Å². The maximum absolute atomic E-state index is 13.2. The molecule has 0 bridgehead atoms. The molecule has 3 rings (SSSR count). The van der Waals surface area contributed by atoms with Crippen molar-refractivity contribution >= 4 is 11.8 Å². The van der Waals surface area contributed by atoms with E-state index in [0.29, 0.717) is 19.0 Å². The number of nitrogens with one attached hydrogen (secondary N) is 1. The SMILES string of the molecule is Cc1cc(NC(=O)N(Cc2ccccc2C)C[C@H]2CCCO2)n(CC(C)C)n1. The van der Waals surface area contributed by atoms with E-state index in [1.165, 1.54) is 5.56 Å². The first kappa shape index (κ1) is 20.4. The van der Waals surface area contributed by atoms with Gasteiger partial charge in [0.15, 0.2) is 0 Å². The largest absolute Gasteiger partial charge is 0.376 e. The lowest BCUT2D eigenvalue weighted by atomic mass is 10.1.